The standard InChI is InChI=1S/C25H29ClN2O3/c1-17(9-8-14-25(2,3)31)15-21-22(24(29)30)23(18-10-5-4-6-11-18)28(27-21)20-13-7-12-19(26)16-20/h4-7,10-13,16-17,31H,8-9,14-15H2,1-3H3,(H,29,30). The molecule has 6 heteroatoms. The molecule has 0 saturated heterocycles. The number of hydrogen-bond acceptors (Lipinski definition) is 3. The van der Waals surface area contributed by atoms with E-state index < -0.39 is 11.6 Å². The second-order valence-electron chi connectivity index (χ2n) is 8.75. The predicted molar refractivity (Wildman–Crippen MR) is 124 cm³/mol. The number of aliphatic hydroxyl groups is 1. The first kappa shape index (κ1) is 23.0. The molecule has 0 aliphatic carbocycles. The average Bonchev–Trinajstić information content (AvgIpc) is 3.07. The summed E-state index contributed by atoms with van der Waals surface area (Å²) in [6, 6.07) is 16.7. The van der Waals surface area contributed by atoms with Crippen LogP contribution in [-0.2, 0) is 6.42 Å². The monoisotopic (exact) mass is 440 g/mol. The quantitative estimate of drug-likeness (QED) is 0.427. The average molecular weight is 441 g/mol. The van der Waals surface area contributed by atoms with E-state index in [1.807, 2.05) is 42.5 Å². The number of rotatable bonds is 9. The van der Waals surface area contributed by atoms with Crippen LogP contribution in [0.1, 0.15) is 56.1 Å². The first-order valence-electron chi connectivity index (χ1n) is 10.5. The van der Waals surface area contributed by atoms with E-state index in [2.05, 4.69) is 6.92 Å². The van der Waals surface area contributed by atoms with Gasteiger partial charge in [-0.05, 0) is 50.8 Å². The molecule has 0 spiro atoms. The Morgan fingerprint density at radius 3 is 2.48 bits per heavy atom. The number of aromatic nitrogens is 2. The molecule has 3 rings (SSSR count). The van der Waals surface area contributed by atoms with Gasteiger partial charge in [0, 0.05) is 10.6 Å². The summed E-state index contributed by atoms with van der Waals surface area (Å²) in [7, 11) is 0. The lowest BCUT2D eigenvalue weighted by Crippen LogP contribution is -2.18. The van der Waals surface area contributed by atoms with Crippen LogP contribution < -0.4 is 0 Å². The molecule has 1 heterocycles. The Morgan fingerprint density at radius 1 is 1.16 bits per heavy atom. The van der Waals surface area contributed by atoms with Crippen LogP contribution in [0, 0.1) is 5.92 Å². The minimum atomic E-state index is -0.995. The van der Waals surface area contributed by atoms with E-state index >= 15 is 0 Å². The van der Waals surface area contributed by atoms with E-state index in [0.29, 0.717) is 29.3 Å². The summed E-state index contributed by atoms with van der Waals surface area (Å²) in [6.07, 6.45) is 3.00. The Morgan fingerprint density at radius 2 is 1.87 bits per heavy atom. The molecule has 2 aromatic carbocycles. The van der Waals surface area contributed by atoms with Crippen molar-refractivity contribution in [3.05, 3.63) is 70.9 Å². The smallest absolute Gasteiger partial charge is 0.339 e. The summed E-state index contributed by atoms with van der Waals surface area (Å²) in [6.45, 7) is 5.70. The molecule has 5 nitrogen and oxygen atoms in total. The maximum Gasteiger partial charge on any atom is 0.339 e. The van der Waals surface area contributed by atoms with Crippen LogP contribution in [-0.4, -0.2) is 31.6 Å². The molecule has 2 N–H and O–H groups in total. The molecule has 164 valence electrons. The van der Waals surface area contributed by atoms with Gasteiger partial charge < -0.3 is 10.2 Å². The number of benzene rings is 2. The zero-order chi connectivity index (χ0) is 22.6. The molecule has 0 amide bonds. The van der Waals surface area contributed by atoms with E-state index in [1.165, 1.54) is 0 Å². The highest BCUT2D eigenvalue weighted by molar-refractivity contribution is 6.30. The number of nitrogens with zero attached hydrogens (tertiary/aromatic N) is 2. The zero-order valence-electron chi connectivity index (χ0n) is 18.2. The fourth-order valence-corrected chi connectivity index (χ4v) is 3.99. The summed E-state index contributed by atoms with van der Waals surface area (Å²) >= 11 is 6.20. The number of aromatic carboxylic acids is 1. The number of carboxylic acid groups (broad SMARTS) is 1. The fourth-order valence-electron chi connectivity index (χ4n) is 3.80. The number of carboxylic acids is 1. The Kier molecular flexibility index (Phi) is 7.19. The highest BCUT2D eigenvalue weighted by Crippen LogP contribution is 2.32. The van der Waals surface area contributed by atoms with Gasteiger partial charge in [-0.25, -0.2) is 9.48 Å². The van der Waals surface area contributed by atoms with E-state index in [4.69, 9.17) is 16.7 Å². The van der Waals surface area contributed by atoms with Crippen molar-refractivity contribution in [3.8, 4) is 16.9 Å². The van der Waals surface area contributed by atoms with Gasteiger partial charge >= 0.3 is 5.97 Å². The molecule has 1 atom stereocenters. The normalized spacial score (nSPS) is 12.7. The first-order chi connectivity index (χ1) is 14.7. The summed E-state index contributed by atoms with van der Waals surface area (Å²) in [5.74, 6) is -0.766. The molecular weight excluding hydrogens is 412 g/mol. The lowest BCUT2D eigenvalue weighted by atomic mass is 9.93. The van der Waals surface area contributed by atoms with Crippen LogP contribution in [0.2, 0.25) is 5.02 Å². The molecule has 0 aliphatic heterocycles. The summed E-state index contributed by atoms with van der Waals surface area (Å²) in [5.41, 5.74) is 2.14. The highest BCUT2D eigenvalue weighted by Gasteiger charge is 2.26. The zero-order valence-corrected chi connectivity index (χ0v) is 18.9. The van der Waals surface area contributed by atoms with Crippen molar-refractivity contribution in [1.29, 1.82) is 0 Å². The molecule has 0 aliphatic rings. The van der Waals surface area contributed by atoms with Crippen molar-refractivity contribution in [2.75, 3.05) is 0 Å². The number of carbonyl (C=O) groups is 1. The molecule has 0 bridgehead atoms. The molecule has 0 saturated carbocycles. The Labute approximate surface area is 188 Å². The van der Waals surface area contributed by atoms with Gasteiger partial charge in [0.2, 0.25) is 0 Å². The molecule has 31 heavy (non-hydrogen) atoms. The summed E-state index contributed by atoms with van der Waals surface area (Å²) in [4.78, 5) is 12.3. The van der Waals surface area contributed by atoms with Crippen molar-refractivity contribution >= 4 is 17.6 Å². The first-order valence-corrected chi connectivity index (χ1v) is 10.9. The number of hydrogen-bond donors (Lipinski definition) is 2. The van der Waals surface area contributed by atoms with E-state index in [0.717, 1.165) is 24.1 Å². The third-order valence-corrected chi connectivity index (χ3v) is 5.53. The second-order valence-corrected chi connectivity index (χ2v) is 9.18. The Bertz CT molecular complexity index is 1040. The molecule has 1 unspecified atom stereocenters. The minimum Gasteiger partial charge on any atom is -0.478 e. The van der Waals surface area contributed by atoms with Crippen LogP contribution in [0.15, 0.2) is 54.6 Å². The van der Waals surface area contributed by atoms with Crippen LogP contribution >= 0.6 is 11.6 Å². The van der Waals surface area contributed by atoms with Gasteiger partial charge in [0.05, 0.1) is 22.7 Å². The third kappa shape index (κ3) is 5.96. The summed E-state index contributed by atoms with van der Waals surface area (Å²) < 4.78 is 1.68. The number of halogens is 1. The van der Waals surface area contributed by atoms with Gasteiger partial charge in [0.25, 0.3) is 0 Å². The van der Waals surface area contributed by atoms with Gasteiger partial charge in [-0.2, -0.15) is 5.10 Å². The van der Waals surface area contributed by atoms with E-state index in [-0.39, 0.29) is 11.5 Å². The predicted octanol–water partition coefficient (Wildman–Crippen LogP) is 6.01. The Balaban J connectivity index is 2.03. The van der Waals surface area contributed by atoms with Crippen molar-refractivity contribution in [1.82, 2.24) is 9.78 Å². The summed E-state index contributed by atoms with van der Waals surface area (Å²) in [5, 5.41) is 25.4. The fraction of sp³-hybridized carbons (Fsp3) is 0.360. The molecular formula is C25H29ClN2O3. The SMILES string of the molecule is CC(CCCC(C)(C)O)Cc1nn(-c2cccc(Cl)c2)c(-c2ccccc2)c1C(=O)O. The topological polar surface area (TPSA) is 75.4 Å². The van der Waals surface area contributed by atoms with Crippen molar-refractivity contribution in [2.45, 2.75) is 52.1 Å². The van der Waals surface area contributed by atoms with E-state index in [1.54, 1.807) is 30.7 Å². The van der Waals surface area contributed by atoms with Gasteiger partial charge in [-0.15, -0.1) is 0 Å². The van der Waals surface area contributed by atoms with Crippen molar-refractivity contribution in [3.63, 3.8) is 0 Å². The van der Waals surface area contributed by atoms with Crippen LogP contribution in [0.25, 0.3) is 16.9 Å². The molecule has 3 aromatic rings. The molecule has 0 radical (unpaired) electrons. The maximum atomic E-state index is 12.3. The van der Waals surface area contributed by atoms with Crippen LogP contribution in [0.5, 0.6) is 0 Å². The second kappa shape index (κ2) is 9.67. The van der Waals surface area contributed by atoms with E-state index in [9.17, 15) is 15.0 Å². The van der Waals surface area contributed by atoms with Gasteiger partial charge in [0.1, 0.15) is 5.56 Å². The highest BCUT2D eigenvalue weighted by atomic mass is 35.5. The van der Waals surface area contributed by atoms with Gasteiger partial charge in [-0.3, -0.25) is 0 Å². The van der Waals surface area contributed by atoms with Crippen LogP contribution in [0.3, 0.4) is 0 Å². The van der Waals surface area contributed by atoms with Gasteiger partial charge in [0.15, 0.2) is 0 Å². The minimum absolute atomic E-state index is 0.223. The largest absolute Gasteiger partial charge is 0.478 e. The van der Waals surface area contributed by atoms with Gasteiger partial charge in [-0.1, -0.05) is 67.8 Å². The maximum absolute atomic E-state index is 12.3. The lowest BCUT2D eigenvalue weighted by Gasteiger charge is -2.18. The molecule has 1 aromatic heterocycles. The Hall–Kier alpha value is -2.63. The van der Waals surface area contributed by atoms with Crippen molar-refractivity contribution < 1.29 is 15.0 Å². The third-order valence-electron chi connectivity index (χ3n) is 5.30. The molecule has 0 fully saturated rings. The van der Waals surface area contributed by atoms with Crippen molar-refractivity contribution in [2.24, 2.45) is 5.92 Å². The van der Waals surface area contributed by atoms with Crippen LogP contribution in [0.4, 0.5) is 0 Å². The lowest BCUT2D eigenvalue weighted by molar-refractivity contribution is 0.0669.